The molecule has 0 atom stereocenters. The van der Waals surface area contributed by atoms with Crippen LogP contribution in [0.15, 0.2) is 0 Å². The lowest BCUT2D eigenvalue weighted by atomic mass is 10.0. The lowest BCUT2D eigenvalue weighted by molar-refractivity contribution is -0.161. The molecule has 0 aromatic heterocycles. The van der Waals surface area contributed by atoms with Gasteiger partial charge in [-0.05, 0) is 5.92 Å². The van der Waals surface area contributed by atoms with Crippen molar-refractivity contribution in [3.63, 3.8) is 0 Å². The topological polar surface area (TPSA) is 20.3 Å². The summed E-state index contributed by atoms with van der Waals surface area (Å²) >= 11 is 0. The van der Waals surface area contributed by atoms with Crippen LogP contribution in [0.5, 0.6) is 0 Å². The molecule has 0 bridgehead atoms. The Kier molecular flexibility index (Phi) is 5.68. The summed E-state index contributed by atoms with van der Waals surface area (Å²) in [5.74, 6) is -0.365. The molecule has 1 amide bonds. The van der Waals surface area contributed by atoms with Gasteiger partial charge in [-0.1, -0.05) is 26.7 Å². The number of rotatable bonds is 5. The van der Waals surface area contributed by atoms with Crippen molar-refractivity contribution in [2.24, 2.45) is 5.92 Å². The number of hydrogen-bond donors (Lipinski definition) is 0. The molecule has 2 nitrogen and oxygen atoms in total. The van der Waals surface area contributed by atoms with Crippen LogP contribution in [-0.2, 0) is 4.79 Å². The molecule has 0 unspecified atom stereocenters. The summed E-state index contributed by atoms with van der Waals surface area (Å²) in [4.78, 5) is 11.9. The van der Waals surface area contributed by atoms with Crippen molar-refractivity contribution in [3.8, 4) is 0 Å². The third-order valence-corrected chi connectivity index (χ3v) is 2.45. The second-order valence-corrected chi connectivity index (χ2v) is 3.70. The zero-order valence-corrected chi connectivity index (χ0v) is 9.40. The smallest absolute Gasteiger partial charge is 0.334 e. The Morgan fingerprint density at radius 2 is 1.73 bits per heavy atom. The molecule has 0 fully saturated rings. The molecule has 0 aromatic rings. The maximum absolute atomic E-state index is 12.1. The highest BCUT2D eigenvalue weighted by Crippen LogP contribution is 2.19. The Morgan fingerprint density at radius 1 is 1.27 bits per heavy atom. The molecule has 0 saturated heterocycles. The van der Waals surface area contributed by atoms with E-state index >= 15 is 0 Å². The maximum Gasteiger partial charge on any atom is 0.406 e. The zero-order valence-electron chi connectivity index (χ0n) is 9.40. The van der Waals surface area contributed by atoms with Crippen molar-refractivity contribution < 1.29 is 18.0 Å². The van der Waals surface area contributed by atoms with Crippen molar-refractivity contribution in [2.75, 3.05) is 13.1 Å². The minimum absolute atomic E-state index is 0.149. The zero-order chi connectivity index (χ0) is 12.1. The van der Waals surface area contributed by atoms with Crippen molar-refractivity contribution >= 4 is 5.91 Å². The molecule has 0 aliphatic heterocycles. The van der Waals surface area contributed by atoms with E-state index in [9.17, 15) is 18.0 Å². The van der Waals surface area contributed by atoms with E-state index in [0.29, 0.717) is 0 Å². The van der Waals surface area contributed by atoms with Crippen LogP contribution < -0.4 is 0 Å². The average Bonchev–Trinajstić information content (AvgIpc) is 2.09. The lowest BCUT2D eigenvalue weighted by Gasteiger charge is -2.26. The van der Waals surface area contributed by atoms with Crippen molar-refractivity contribution in [1.82, 2.24) is 4.90 Å². The van der Waals surface area contributed by atoms with Gasteiger partial charge in [-0.15, -0.1) is 0 Å². The summed E-state index contributed by atoms with van der Waals surface area (Å²) < 4.78 is 36.4. The van der Waals surface area contributed by atoms with Crippen LogP contribution in [-0.4, -0.2) is 30.1 Å². The Labute approximate surface area is 88.4 Å². The van der Waals surface area contributed by atoms with E-state index in [0.717, 1.165) is 17.7 Å². The van der Waals surface area contributed by atoms with Crippen LogP contribution in [0, 0.1) is 5.92 Å². The molecule has 0 radical (unpaired) electrons. The van der Waals surface area contributed by atoms with Gasteiger partial charge in [0.1, 0.15) is 6.54 Å². The first-order chi connectivity index (χ1) is 6.80. The molecule has 0 saturated carbocycles. The van der Waals surface area contributed by atoms with Gasteiger partial charge >= 0.3 is 6.18 Å². The molecule has 0 aromatic carbocycles. The number of carbonyl (C=O) groups excluding carboxylic acids is 1. The molecule has 5 heteroatoms. The van der Waals surface area contributed by atoms with Gasteiger partial charge in [0.15, 0.2) is 0 Å². The van der Waals surface area contributed by atoms with Gasteiger partial charge < -0.3 is 4.90 Å². The van der Waals surface area contributed by atoms with Crippen molar-refractivity contribution in [2.45, 2.75) is 39.8 Å². The second-order valence-electron chi connectivity index (χ2n) is 3.70. The van der Waals surface area contributed by atoms with Crippen LogP contribution in [0.1, 0.15) is 33.6 Å². The fraction of sp³-hybridized carbons (Fsp3) is 0.900. The second kappa shape index (κ2) is 5.98. The van der Waals surface area contributed by atoms with Gasteiger partial charge in [-0.2, -0.15) is 13.2 Å². The fourth-order valence-electron chi connectivity index (χ4n) is 1.38. The van der Waals surface area contributed by atoms with Crippen molar-refractivity contribution in [1.29, 1.82) is 0 Å². The molecule has 0 heterocycles. The van der Waals surface area contributed by atoms with Gasteiger partial charge in [0.2, 0.25) is 5.91 Å². The highest BCUT2D eigenvalue weighted by atomic mass is 19.4. The first-order valence-corrected chi connectivity index (χ1v) is 5.12. The lowest BCUT2D eigenvalue weighted by Crippen LogP contribution is -2.40. The molecule has 0 aliphatic carbocycles. The largest absolute Gasteiger partial charge is 0.406 e. The molecule has 90 valence electrons. The first-order valence-electron chi connectivity index (χ1n) is 5.12. The normalized spacial score (nSPS) is 11.9. The number of hydrogen-bond acceptors (Lipinski definition) is 1. The Bertz CT molecular complexity index is 199. The Morgan fingerprint density at radius 3 is 2.00 bits per heavy atom. The Balaban J connectivity index is 4.34. The molecule has 0 N–H and O–H groups in total. The highest BCUT2D eigenvalue weighted by Gasteiger charge is 2.32. The number of alkyl halides is 3. The average molecular weight is 225 g/mol. The third kappa shape index (κ3) is 6.36. The maximum atomic E-state index is 12.1. The highest BCUT2D eigenvalue weighted by molar-refractivity contribution is 5.73. The van der Waals surface area contributed by atoms with Gasteiger partial charge in [-0.3, -0.25) is 4.79 Å². The van der Waals surface area contributed by atoms with E-state index in [-0.39, 0.29) is 12.5 Å². The van der Waals surface area contributed by atoms with Gasteiger partial charge in [0.25, 0.3) is 0 Å². The molecular formula is C10H18F3NO. The minimum atomic E-state index is -4.31. The monoisotopic (exact) mass is 225 g/mol. The Hall–Kier alpha value is -0.740. The number of halogens is 3. The number of carbonyl (C=O) groups is 1. The standard InChI is InChI=1S/C10H18F3NO/c1-4-9(5-2)6-14(8(3)15)7-10(11,12)13/h9H,4-7H2,1-3H3. The van der Waals surface area contributed by atoms with Crippen LogP contribution in [0.3, 0.4) is 0 Å². The quantitative estimate of drug-likeness (QED) is 0.704. The van der Waals surface area contributed by atoms with Crippen LogP contribution >= 0.6 is 0 Å². The van der Waals surface area contributed by atoms with Gasteiger partial charge in [0, 0.05) is 13.5 Å². The first kappa shape index (κ1) is 14.3. The number of nitrogens with zero attached hydrogens (tertiary/aromatic N) is 1. The van der Waals surface area contributed by atoms with E-state index in [1.807, 2.05) is 13.8 Å². The summed E-state index contributed by atoms with van der Waals surface area (Å²) in [7, 11) is 0. The summed E-state index contributed by atoms with van der Waals surface area (Å²) in [5, 5.41) is 0. The third-order valence-electron chi connectivity index (χ3n) is 2.45. The van der Waals surface area contributed by atoms with Crippen LogP contribution in [0.2, 0.25) is 0 Å². The van der Waals surface area contributed by atoms with Crippen LogP contribution in [0.4, 0.5) is 13.2 Å². The SMILES string of the molecule is CCC(CC)CN(CC(F)(F)F)C(C)=O. The van der Waals surface area contributed by atoms with E-state index in [2.05, 4.69) is 0 Å². The van der Waals surface area contributed by atoms with E-state index in [4.69, 9.17) is 0 Å². The predicted molar refractivity (Wildman–Crippen MR) is 52.4 cm³/mol. The predicted octanol–water partition coefficient (Wildman–Crippen LogP) is 2.83. The summed E-state index contributed by atoms with van der Waals surface area (Å²) in [6.07, 6.45) is -2.73. The van der Waals surface area contributed by atoms with E-state index in [1.54, 1.807) is 0 Å². The van der Waals surface area contributed by atoms with Gasteiger partial charge in [0.05, 0.1) is 0 Å². The molecular weight excluding hydrogens is 207 g/mol. The summed E-state index contributed by atoms with van der Waals surface area (Å²) in [5.41, 5.74) is 0. The van der Waals surface area contributed by atoms with Gasteiger partial charge in [-0.25, -0.2) is 0 Å². The molecule has 0 spiro atoms. The van der Waals surface area contributed by atoms with Crippen LogP contribution in [0.25, 0.3) is 0 Å². The molecule has 15 heavy (non-hydrogen) atoms. The number of amides is 1. The molecule has 0 aliphatic rings. The molecule has 0 rings (SSSR count). The fourth-order valence-corrected chi connectivity index (χ4v) is 1.38. The minimum Gasteiger partial charge on any atom is -0.334 e. The summed E-state index contributed by atoms with van der Waals surface area (Å²) in [6.45, 7) is 4.06. The van der Waals surface area contributed by atoms with Crippen molar-refractivity contribution in [3.05, 3.63) is 0 Å². The summed E-state index contributed by atoms with van der Waals surface area (Å²) in [6, 6.07) is 0. The van der Waals surface area contributed by atoms with E-state index in [1.165, 1.54) is 6.92 Å². The van der Waals surface area contributed by atoms with E-state index < -0.39 is 18.6 Å².